The molecule has 3 nitrogen and oxygen atoms in total. The predicted octanol–water partition coefficient (Wildman–Crippen LogP) is 1.96. The molecule has 1 aliphatic heterocycles. The molecule has 2 N–H and O–H groups in total. The molecule has 1 aromatic rings. The lowest BCUT2D eigenvalue weighted by molar-refractivity contribution is -0.123. The standard InChI is InChI=1S/C13H14F4N2O/c14-12(15)13(16,17)7-19-11(20)10-3-1-2-8-6-18-5-4-9(8)10/h1-3,12,18H,4-7H2,(H,19,20). The van der Waals surface area contributed by atoms with Crippen LogP contribution in [0.4, 0.5) is 17.6 Å². The second-order valence-corrected chi connectivity index (χ2v) is 4.61. The number of nitrogens with one attached hydrogen (secondary N) is 2. The summed E-state index contributed by atoms with van der Waals surface area (Å²) in [6, 6.07) is 5.00. The minimum Gasteiger partial charge on any atom is -0.346 e. The van der Waals surface area contributed by atoms with Gasteiger partial charge < -0.3 is 10.6 Å². The molecule has 0 saturated carbocycles. The zero-order chi connectivity index (χ0) is 14.8. The van der Waals surface area contributed by atoms with E-state index in [1.807, 2.05) is 11.4 Å². The van der Waals surface area contributed by atoms with Crippen molar-refractivity contribution in [2.45, 2.75) is 25.3 Å². The van der Waals surface area contributed by atoms with E-state index >= 15 is 0 Å². The van der Waals surface area contributed by atoms with E-state index in [9.17, 15) is 22.4 Å². The highest BCUT2D eigenvalue weighted by molar-refractivity contribution is 5.96. The van der Waals surface area contributed by atoms with Crippen LogP contribution in [0.15, 0.2) is 18.2 Å². The lowest BCUT2D eigenvalue weighted by Gasteiger charge is -2.21. The van der Waals surface area contributed by atoms with Crippen molar-refractivity contribution in [1.82, 2.24) is 10.6 Å². The van der Waals surface area contributed by atoms with Crippen LogP contribution in [-0.4, -0.2) is 31.3 Å². The van der Waals surface area contributed by atoms with Gasteiger partial charge in [-0.15, -0.1) is 0 Å². The second-order valence-electron chi connectivity index (χ2n) is 4.61. The van der Waals surface area contributed by atoms with Crippen molar-refractivity contribution in [1.29, 1.82) is 0 Å². The molecular formula is C13H14F4N2O. The van der Waals surface area contributed by atoms with Crippen LogP contribution in [-0.2, 0) is 13.0 Å². The molecule has 2 rings (SSSR count). The van der Waals surface area contributed by atoms with Crippen molar-refractivity contribution in [3.05, 3.63) is 34.9 Å². The van der Waals surface area contributed by atoms with Gasteiger partial charge in [0.2, 0.25) is 0 Å². The largest absolute Gasteiger partial charge is 0.346 e. The third-order valence-electron chi connectivity index (χ3n) is 3.19. The molecule has 0 spiro atoms. The highest BCUT2D eigenvalue weighted by atomic mass is 19.3. The van der Waals surface area contributed by atoms with Crippen LogP contribution in [0.3, 0.4) is 0 Å². The van der Waals surface area contributed by atoms with Gasteiger partial charge in [-0.25, -0.2) is 8.78 Å². The van der Waals surface area contributed by atoms with E-state index in [0.29, 0.717) is 19.5 Å². The van der Waals surface area contributed by atoms with E-state index in [4.69, 9.17) is 0 Å². The average molecular weight is 290 g/mol. The maximum atomic E-state index is 12.8. The van der Waals surface area contributed by atoms with Crippen LogP contribution >= 0.6 is 0 Å². The first-order chi connectivity index (χ1) is 9.42. The van der Waals surface area contributed by atoms with Crippen LogP contribution < -0.4 is 10.6 Å². The first-order valence-corrected chi connectivity index (χ1v) is 6.17. The predicted molar refractivity (Wildman–Crippen MR) is 65.1 cm³/mol. The Labute approximate surface area is 113 Å². The minimum absolute atomic E-state index is 0.272. The Morgan fingerprint density at radius 2 is 2.15 bits per heavy atom. The third kappa shape index (κ3) is 3.09. The molecule has 0 bridgehead atoms. The molecule has 1 aromatic carbocycles. The van der Waals surface area contributed by atoms with Crippen molar-refractivity contribution in [3.8, 4) is 0 Å². The molecule has 0 saturated heterocycles. The third-order valence-corrected chi connectivity index (χ3v) is 3.19. The Balaban J connectivity index is 2.10. The van der Waals surface area contributed by atoms with E-state index < -0.39 is 24.8 Å². The molecule has 1 heterocycles. The van der Waals surface area contributed by atoms with Crippen LogP contribution in [0.25, 0.3) is 0 Å². The molecule has 1 aliphatic rings. The second kappa shape index (κ2) is 5.78. The van der Waals surface area contributed by atoms with Gasteiger partial charge in [0.25, 0.3) is 5.91 Å². The maximum Gasteiger partial charge on any atom is 0.324 e. The lowest BCUT2D eigenvalue weighted by atomic mass is 9.95. The Bertz CT molecular complexity index is 505. The summed E-state index contributed by atoms with van der Waals surface area (Å²) in [5.41, 5.74) is 1.97. The Morgan fingerprint density at radius 3 is 2.85 bits per heavy atom. The van der Waals surface area contributed by atoms with Crippen molar-refractivity contribution in [3.63, 3.8) is 0 Å². The maximum absolute atomic E-state index is 12.8. The van der Waals surface area contributed by atoms with Crippen LogP contribution in [0, 0.1) is 0 Å². The topological polar surface area (TPSA) is 41.1 Å². The van der Waals surface area contributed by atoms with E-state index in [1.165, 1.54) is 6.07 Å². The molecular weight excluding hydrogens is 276 g/mol. The van der Waals surface area contributed by atoms with E-state index in [0.717, 1.165) is 11.1 Å². The van der Waals surface area contributed by atoms with Gasteiger partial charge >= 0.3 is 12.3 Å². The average Bonchev–Trinajstić information content (AvgIpc) is 2.44. The number of hydrogen-bond donors (Lipinski definition) is 2. The van der Waals surface area contributed by atoms with Gasteiger partial charge in [-0.05, 0) is 30.2 Å². The van der Waals surface area contributed by atoms with Gasteiger partial charge in [0.05, 0.1) is 6.54 Å². The van der Waals surface area contributed by atoms with Gasteiger partial charge in [-0.2, -0.15) is 8.78 Å². The van der Waals surface area contributed by atoms with E-state index in [1.54, 1.807) is 6.07 Å². The van der Waals surface area contributed by atoms with E-state index in [-0.39, 0.29) is 5.56 Å². The zero-order valence-electron chi connectivity index (χ0n) is 10.6. The van der Waals surface area contributed by atoms with Crippen molar-refractivity contribution >= 4 is 5.91 Å². The Hall–Kier alpha value is -1.63. The highest BCUT2D eigenvalue weighted by Gasteiger charge is 2.41. The molecule has 110 valence electrons. The SMILES string of the molecule is O=C(NCC(F)(F)C(F)F)c1cccc2c1CCNC2. The van der Waals surface area contributed by atoms with Crippen molar-refractivity contribution in [2.75, 3.05) is 13.1 Å². The summed E-state index contributed by atoms with van der Waals surface area (Å²) in [6.45, 7) is -0.0838. The zero-order valence-corrected chi connectivity index (χ0v) is 10.6. The molecule has 0 aliphatic carbocycles. The Morgan fingerprint density at radius 1 is 1.40 bits per heavy atom. The fourth-order valence-corrected chi connectivity index (χ4v) is 2.12. The molecule has 0 aromatic heterocycles. The molecule has 7 heteroatoms. The quantitative estimate of drug-likeness (QED) is 0.832. The van der Waals surface area contributed by atoms with Gasteiger partial charge in [0.15, 0.2) is 0 Å². The number of benzene rings is 1. The van der Waals surface area contributed by atoms with Crippen LogP contribution in [0.5, 0.6) is 0 Å². The molecule has 0 unspecified atom stereocenters. The van der Waals surface area contributed by atoms with Crippen LogP contribution in [0.2, 0.25) is 0 Å². The van der Waals surface area contributed by atoms with Gasteiger partial charge in [0, 0.05) is 12.1 Å². The lowest BCUT2D eigenvalue weighted by Crippen LogP contribution is -2.41. The first kappa shape index (κ1) is 14.8. The summed E-state index contributed by atoms with van der Waals surface area (Å²) >= 11 is 0. The fourth-order valence-electron chi connectivity index (χ4n) is 2.12. The van der Waals surface area contributed by atoms with Crippen molar-refractivity contribution in [2.24, 2.45) is 0 Å². The Kier molecular flexibility index (Phi) is 4.27. The molecule has 1 amide bonds. The normalized spacial score (nSPS) is 15.1. The number of halogens is 4. The van der Waals surface area contributed by atoms with Crippen molar-refractivity contribution < 1.29 is 22.4 Å². The number of carbonyl (C=O) groups is 1. The number of alkyl halides is 4. The highest BCUT2D eigenvalue weighted by Crippen LogP contribution is 2.22. The summed E-state index contributed by atoms with van der Waals surface area (Å²) in [6.07, 6.45) is -3.19. The smallest absolute Gasteiger partial charge is 0.324 e. The summed E-state index contributed by atoms with van der Waals surface area (Å²) < 4.78 is 49.6. The number of rotatable bonds is 4. The van der Waals surface area contributed by atoms with E-state index in [2.05, 4.69) is 5.32 Å². The van der Waals surface area contributed by atoms with Gasteiger partial charge in [-0.1, -0.05) is 12.1 Å². The number of fused-ring (bicyclic) bond motifs is 1. The molecule has 0 radical (unpaired) electrons. The van der Waals surface area contributed by atoms with Gasteiger partial charge in [-0.3, -0.25) is 4.79 Å². The molecule has 0 atom stereocenters. The summed E-state index contributed by atoms with van der Waals surface area (Å²) in [4.78, 5) is 11.9. The molecule has 20 heavy (non-hydrogen) atoms. The summed E-state index contributed by atoms with van der Waals surface area (Å²) in [5, 5.41) is 5.01. The summed E-state index contributed by atoms with van der Waals surface area (Å²) in [7, 11) is 0. The molecule has 0 fully saturated rings. The fraction of sp³-hybridized carbons (Fsp3) is 0.462. The number of carbonyl (C=O) groups excluding carboxylic acids is 1. The van der Waals surface area contributed by atoms with Gasteiger partial charge in [0.1, 0.15) is 0 Å². The summed E-state index contributed by atoms with van der Waals surface area (Å²) in [5.74, 6) is -4.96. The number of hydrogen-bond acceptors (Lipinski definition) is 2. The first-order valence-electron chi connectivity index (χ1n) is 6.17. The monoisotopic (exact) mass is 290 g/mol. The minimum atomic E-state index is -4.22. The van der Waals surface area contributed by atoms with Crippen LogP contribution in [0.1, 0.15) is 21.5 Å². The number of amides is 1.